The van der Waals surface area contributed by atoms with E-state index in [1.54, 1.807) is 0 Å². The summed E-state index contributed by atoms with van der Waals surface area (Å²) >= 11 is 0. The number of cyclic esters (lactones) is 1. The maximum absolute atomic E-state index is 12.0. The highest BCUT2D eigenvalue weighted by atomic mass is 16.6. The molecule has 15 heavy (non-hydrogen) atoms. The Kier molecular flexibility index (Phi) is 2.32. The van der Waals surface area contributed by atoms with Crippen LogP contribution < -0.4 is 0 Å². The van der Waals surface area contributed by atoms with Crippen molar-refractivity contribution in [3.05, 3.63) is 0 Å². The summed E-state index contributed by atoms with van der Waals surface area (Å²) in [6.45, 7) is 16.6. The van der Waals surface area contributed by atoms with Crippen LogP contribution in [0.25, 0.3) is 0 Å². The number of carbonyl (C=O) groups is 1. The molecule has 0 aromatic heterocycles. The van der Waals surface area contributed by atoms with Gasteiger partial charge in [-0.2, -0.15) is 0 Å². The topological polar surface area (TPSA) is 26.3 Å². The highest BCUT2D eigenvalue weighted by molar-refractivity contribution is 5.78. The minimum Gasteiger partial charge on any atom is -0.459 e. The van der Waals surface area contributed by atoms with E-state index in [0.29, 0.717) is 0 Å². The van der Waals surface area contributed by atoms with Crippen LogP contribution >= 0.6 is 0 Å². The van der Waals surface area contributed by atoms with Gasteiger partial charge in [-0.25, -0.2) is 0 Å². The fourth-order valence-electron chi connectivity index (χ4n) is 2.28. The van der Waals surface area contributed by atoms with Crippen molar-refractivity contribution >= 4 is 5.97 Å². The van der Waals surface area contributed by atoms with Gasteiger partial charge in [-0.15, -0.1) is 0 Å². The molecule has 0 saturated carbocycles. The van der Waals surface area contributed by atoms with Crippen LogP contribution in [0.15, 0.2) is 0 Å². The third kappa shape index (κ3) is 1.26. The fraction of sp³-hybridized carbons (Fsp3) is 0.923. The predicted molar refractivity (Wildman–Crippen MR) is 61.5 cm³/mol. The van der Waals surface area contributed by atoms with Crippen molar-refractivity contribution in [3.63, 3.8) is 0 Å². The predicted octanol–water partition coefficient (Wildman–Crippen LogP) is 3.40. The molecule has 2 nitrogen and oxygen atoms in total. The lowest BCUT2D eigenvalue weighted by Crippen LogP contribution is -2.64. The second-order valence-electron chi connectivity index (χ2n) is 6.77. The second-order valence-corrected chi connectivity index (χ2v) is 6.77. The van der Waals surface area contributed by atoms with Crippen LogP contribution in [0.2, 0.25) is 0 Å². The zero-order valence-corrected chi connectivity index (χ0v) is 11.3. The first kappa shape index (κ1) is 12.5. The van der Waals surface area contributed by atoms with E-state index in [0.717, 1.165) is 0 Å². The Morgan fingerprint density at radius 2 is 1.20 bits per heavy atom. The largest absolute Gasteiger partial charge is 0.459 e. The van der Waals surface area contributed by atoms with E-state index in [1.165, 1.54) is 0 Å². The molecule has 1 saturated heterocycles. The smallest absolute Gasteiger partial charge is 0.312 e. The molecular weight excluding hydrogens is 188 g/mol. The average molecular weight is 212 g/mol. The van der Waals surface area contributed by atoms with Gasteiger partial charge in [-0.05, 0) is 33.1 Å². The maximum atomic E-state index is 12.0. The zero-order valence-electron chi connectivity index (χ0n) is 11.3. The number of ether oxygens (including phenoxy) is 1. The van der Waals surface area contributed by atoms with Crippen molar-refractivity contribution in [1.82, 2.24) is 0 Å². The number of hydrogen-bond donors (Lipinski definition) is 0. The van der Waals surface area contributed by atoms with Crippen LogP contribution in [-0.4, -0.2) is 11.6 Å². The fourth-order valence-corrected chi connectivity index (χ4v) is 2.28. The van der Waals surface area contributed by atoms with E-state index in [4.69, 9.17) is 4.74 Å². The summed E-state index contributed by atoms with van der Waals surface area (Å²) in [6.07, 6.45) is 0. The van der Waals surface area contributed by atoms with Gasteiger partial charge >= 0.3 is 5.97 Å². The Hall–Kier alpha value is -0.530. The number of rotatable bonds is 0. The Morgan fingerprint density at radius 1 is 0.800 bits per heavy atom. The molecule has 0 amide bonds. The monoisotopic (exact) mass is 212 g/mol. The summed E-state index contributed by atoms with van der Waals surface area (Å²) in [5, 5.41) is 0. The van der Waals surface area contributed by atoms with Crippen molar-refractivity contribution in [2.45, 2.75) is 61.0 Å². The molecule has 1 aliphatic heterocycles. The minimum atomic E-state index is -0.438. The molecule has 0 aromatic carbocycles. The van der Waals surface area contributed by atoms with E-state index in [1.807, 2.05) is 27.7 Å². The van der Waals surface area contributed by atoms with Gasteiger partial charge in [0, 0.05) is 5.41 Å². The lowest BCUT2D eigenvalue weighted by atomic mass is 9.48. The lowest BCUT2D eigenvalue weighted by Gasteiger charge is -2.61. The minimum absolute atomic E-state index is 0.0581. The Morgan fingerprint density at radius 3 is 1.60 bits per heavy atom. The van der Waals surface area contributed by atoms with Crippen molar-refractivity contribution in [2.24, 2.45) is 16.2 Å². The molecule has 2 heteroatoms. The molecule has 0 aromatic rings. The molecule has 1 aliphatic rings. The molecular formula is C13H24O2. The Balaban J connectivity index is 3.36. The van der Waals surface area contributed by atoms with Gasteiger partial charge in [0.2, 0.25) is 0 Å². The van der Waals surface area contributed by atoms with Crippen LogP contribution in [0.4, 0.5) is 0 Å². The van der Waals surface area contributed by atoms with Gasteiger partial charge in [0.1, 0.15) is 5.60 Å². The normalized spacial score (nSPS) is 30.8. The summed E-state index contributed by atoms with van der Waals surface area (Å²) in [7, 11) is 0. The second kappa shape index (κ2) is 2.78. The Bertz CT molecular complexity index is 296. The molecule has 0 bridgehead atoms. The third-order valence-electron chi connectivity index (χ3n) is 5.49. The molecule has 0 spiro atoms. The molecule has 88 valence electrons. The van der Waals surface area contributed by atoms with Crippen LogP contribution in [-0.2, 0) is 9.53 Å². The SMILES string of the molecule is CC1(C)OC(=O)C(C)(C)C(C)(C)C1(C)C. The summed E-state index contributed by atoms with van der Waals surface area (Å²) < 4.78 is 5.60. The third-order valence-corrected chi connectivity index (χ3v) is 5.49. The lowest BCUT2D eigenvalue weighted by molar-refractivity contribution is -0.238. The number of esters is 1. The first-order valence-electron chi connectivity index (χ1n) is 5.61. The molecule has 1 rings (SSSR count). The number of hydrogen-bond acceptors (Lipinski definition) is 2. The summed E-state index contributed by atoms with van der Waals surface area (Å²) in [4.78, 5) is 12.0. The summed E-state index contributed by atoms with van der Waals surface area (Å²) in [6, 6.07) is 0. The van der Waals surface area contributed by atoms with E-state index in [9.17, 15) is 4.79 Å². The molecule has 0 unspecified atom stereocenters. The van der Waals surface area contributed by atoms with Crippen molar-refractivity contribution < 1.29 is 9.53 Å². The van der Waals surface area contributed by atoms with E-state index < -0.39 is 11.0 Å². The van der Waals surface area contributed by atoms with Crippen LogP contribution in [0.5, 0.6) is 0 Å². The molecule has 0 aliphatic carbocycles. The van der Waals surface area contributed by atoms with Crippen LogP contribution in [0, 0.1) is 16.2 Å². The van der Waals surface area contributed by atoms with Crippen LogP contribution in [0.3, 0.4) is 0 Å². The number of carbonyl (C=O) groups excluding carboxylic acids is 1. The standard InChI is InChI=1S/C13H24O2/c1-10(2)9(14)15-13(7,8)12(5,6)11(10,3)4/h1-8H3. The van der Waals surface area contributed by atoms with Gasteiger partial charge in [0.05, 0.1) is 5.41 Å². The van der Waals surface area contributed by atoms with Gasteiger partial charge < -0.3 is 4.74 Å². The molecule has 0 N–H and O–H groups in total. The van der Waals surface area contributed by atoms with E-state index >= 15 is 0 Å². The van der Waals surface area contributed by atoms with Crippen LogP contribution in [0.1, 0.15) is 55.4 Å². The van der Waals surface area contributed by atoms with Gasteiger partial charge in [0.25, 0.3) is 0 Å². The maximum Gasteiger partial charge on any atom is 0.312 e. The Labute approximate surface area is 93.4 Å². The molecule has 1 heterocycles. The molecule has 1 fully saturated rings. The van der Waals surface area contributed by atoms with E-state index in [-0.39, 0.29) is 16.8 Å². The average Bonchev–Trinajstić information content (AvgIpc) is 2.00. The summed E-state index contributed by atoms with van der Waals surface area (Å²) in [5.74, 6) is -0.0863. The quantitative estimate of drug-likeness (QED) is 0.575. The highest BCUT2D eigenvalue weighted by Gasteiger charge is 2.63. The molecule has 0 radical (unpaired) electrons. The van der Waals surface area contributed by atoms with Gasteiger partial charge in [-0.1, -0.05) is 27.7 Å². The molecule has 0 atom stereocenters. The van der Waals surface area contributed by atoms with Gasteiger partial charge in [-0.3, -0.25) is 4.79 Å². The highest BCUT2D eigenvalue weighted by Crippen LogP contribution is 2.60. The van der Waals surface area contributed by atoms with Crippen molar-refractivity contribution in [1.29, 1.82) is 0 Å². The van der Waals surface area contributed by atoms with Gasteiger partial charge in [0.15, 0.2) is 0 Å². The van der Waals surface area contributed by atoms with E-state index in [2.05, 4.69) is 27.7 Å². The summed E-state index contributed by atoms with van der Waals surface area (Å²) in [5.41, 5.74) is -1.01. The first-order valence-corrected chi connectivity index (χ1v) is 5.61. The first-order chi connectivity index (χ1) is 6.38. The van der Waals surface area contributed by atoms with Crippen molar-refractivity contribution in [3.8, 4) is 0 Å². The van der Waals surface area contributed by atoms with Crippen molar-refractivity contribution in [2.75, 3.05) is 0 Å². The zero-order chi connectivity index (χ0) is 12.3.